The van der Waals surface area contributed by atoms with Crippen LogP contribution in [-0.2, 0) is 21.9 Å². The van der Waals surface area contributed by atoms with Crippen molar-refractivity contribution in [1.29, 1.82) is 0 Å². The van der Waals surface area contributed by atoms with Crippen LogP contribution in [0, 0.1) is 25.2 Å². The van der Waals surface area contributed by atoms with E-state index in [0.717, 1.165) is 11.1 Å². The number of hydrogen-bond acceptors (Lipinski definition) is 2. The fourth-order valence-corrected chi connectivity index (χ4v) is 4.24. The van der Waals surface area contributed by atoms with E-state index < -0.39 is 52.3 Å². The van der Waals surface area contributed by atoms with Gasteiger partial charge in [-0.1, -0.05) is 24.3 Å². The van der Waals surface area contributed by atoms with E-state index in [1.165, 1.54) is 17.9 Å². The molecule has 3 rings (SSSR count). The van der Waals surface area contributed by atoms with Gasteiger partial charge in [0.25, 0.3) is 0 Å². The number of aryl methyl sites for hydroxylation is 2. The van der Waals surface area contributed by atoms with Gasteiger partial charge in [0, 0.05) is 17.9 Å². The van der Waals surface area contributed by atoms with Gasteiger partial charge in [-0.2, -0.15) is 26.3 Å². The number of carbonyl (C=O) groups excluding carboxylic acids is 2. The minimum Gasteiger partial charge on any atom is -0.325 e. The summed E-state index contributed by atoms with van der Waals surface area (Å²) in [6.45, 7) is 8.49. The molecule has 0 radical (unpaired) electrons. The lowest BCUT2D eigenvalue weighted by molar-refractivity contribution is -0.143. The summed E-state index contributed by atoms with van der Waals surface area (Å²) in [5, 5.41) is 2.17. The predicted octanol–water partition coefficient (Wildman–Crippen LogP) is 6.13. The molecule has 182 valence electrons. The summed E-state index contributed by atoms with van der Waals surface area (Å²) >= 11 is 0. The lowest BCUT2D eigenvalue weighted by atomic mass is 9.78. The number of rotatable bonds is 4. The van der Waals surface area contributed by atoms with Gasteiger partial charge >= 0.3 is 12.4 Å². The van der Waals surface area contributed by atoms with Gasteiger partial charge in [0.1, 0.15) is 0 Å². The number of amides is 2. The molecule has 10 heteroatoms. The molecule has 0 bridgehead atoms. The average molecular weight is 484 g/mol. The molecule has 0 aliphatic carbocycles. The minimum absolute atomic E-state index is 0.0221. The summed E-state index contributed by atoms with van der Waals surface area (Å²) in [5.41, 5.74) is -3.14. The summed E-state index contributed by atoms with van der Waals surface area (Å²) in [5.74, 6) is -2.38. The van der Waals surface area contributed by atoms with Crippen molar-refractivity contribution in [2.45, 2.75) is 33.1 Å². The Morgan fingerprint density at radius 3 is 2.00 bits per heavy atom. The lowest BCUT2D eigenvalue weighted by Gasteiger charge is -2.27. The first-order chi connectivity index (χ1) is 15.6. The van der Waals surface area contributed by atoms with Crippen LogP contribution in [-0.4, -0.2) is 18.4 Å². The smallest absolute Gasteiger partial charge is 0.325 e. The normalized spacial score (nSPS) is 21.0. The van der Waals surface area contributed by atoms with E-state index in [4.69, 9.17) is 0 Å². The molecule has 1 heterocycles. The van der Waals surface area contributed by atoms with Crippen molar-refractivity contribution in [3.8, 4) is 0 Å². The van der Waals surface area contributed by atoms with Crippen molar-refractivity contribution in [3.63, 3.8) is 0 Å². The van der Waals surface area contributed by atoms with Crippen LogP contribution < -0.4 is 10.2 Å². The fourth-order valence-electron chi connectivity index (χ4n) is 4.24. The van der Waals surface area contributed by atoms with Gasteiger partial charge in [-0.25, -0.2) is 0 Å². The van der Waals surface area contributed by atoms with Gasteiger partial charge in [-0.05, 0) is 50.1 Å². The highest BCUT2D eigenvalue weighted by molar-refractivity contribution is 6.08. The van der Waals surface area contributed by atoms with Gasteiger partial charge in [0.15, 0.2) is 0 Å². The second kappa shape index (κ2) is 8.48. The highest BCUT2D eigenvalue weighted by Gasteiger charge is 2.53. The minimum atomic E-state index is -5.06. The largest absolute Gasteiger partial charge is 0.416 e. The fraction of sp³-hybridized carbons (Fsp3) is 0.333. The Bertz CT molecular complexity index is 1100. The Hall–Kier alpha value is -3.30. The number of para-hydroxylation sites is 1. The molecule has 1 N–H and O–H groups in total. The third kappa shape index (κ3) is 4.53. The SMILES string of the molecule is C=C[C@H]1C(=O)N(c2c(C)cccc2C)C[C@@]1(C)C(=O)Nc1cc(C(F)(F)F)cc(C(F)(F)F)c1. The van der Waals surface area contributed by atoms with Crippen molar-refractivity contribution >= 4 is 23.2 Å². The highest BCUT2D eigenvalue weighted by Crippen LogP contribution is 2.43. The number of halogens is 6. The number of nitrogens with zero attached hydrogens (tertiary/aromatic N) is 1. The molecule has 1 aliphatic rings. The zero-order chi connectivity index (χ0) is 25.6. The second-order valence-electron chi connectivity index (χ2n) is 8.54. The van der Waals surface area contributed by atoms with E-state index in [-0.39, 0.29) is 12.6 Å². The van der Waals surface area contributed by atoms with E-state index in [1.54, 1.807) is 32.0 Å². The first-order valence-corrected chi connectivity index (χ1v) is 10.2. The summed E-state index contributed by atoms with van der Waals surface area (Å²) in [7, 11) is 0. The quantitative estimate of drug-likeness (QED) is 0.419. The maximum atomic E-state index is 13.2. The van der Waals surface area contributed by atoms with E-state index in [9.17, 15) is 35.9 Å². The molecular weight excluding hydrogens is 462 g/mol. The molecule has 2 atom stereocenters. The summed E-state index contributed by atoms with van der Waals surface area (Å²) in [4.78, 5) is 27.8. The van der Waals surface area contributed by atoms with Crippen LogP contribution in [0.3, 0.4) is 0 Å². The molecule has 0 saturated carbocycles. The Kier molecular flexibility index (Phi) is 6.32. The molecule has 4 nitrogen and oxygen atoms in total. The number of benzene rings is 2. The van der Waals surface area contributed by atoms with Crippen LogP contribution in [0.2, 0.25) is 0 Å². The molecule has 1 aliphatic heterocycles. The molecule has 34 heavy (non-hydrogen) atoms. The number of nitrogens with one attached hydrogen (secondary N) is 1. The zero-order valence-electron chi connectivity index (χ0n) is 18.6. The first-order valence-electron chi connectivity index (χ1n) is 10.2. The summed E-state index contributed by atoms with van der Waals surface area (Å²) in [6.07, 6.45) is -8.85. The van der Waals surface area contributed by atoms with E-state index in [1.807, 2.05) is 0 Å². The monoisotopic (exact) mass is 484 g/mol. The van der Waals surface area contributed by atoms with Crippen LogP contribution in [0.5, 0.6) is 0 Å². The number of carbonyl (C=O) groups is 2. The van der Waals surface area contributed by atoms with Gasteiger partial charge in [-0.15, -0.1) is 6.58 Å². The Balaban J connectivity index is 2.01. The van der Waals surface area contributed by atoms with Gasteiger partial charge in [0.2, 0.25) is 11.8 Å². The Morgan fingerprint density at radius 2 is 1.56 bits per heavy atom. The molecule has 0 unspecified atom stereocenters. The van der Waals surface area contributed by atoms with Gasteiger partial charge in [0.05, 0.1) is 22.5 Å². The van der Waals surface area contributed by atoms with Crippen molar-refractivity contribution in [1.82, 2.24) is 0 Å². The number of alkyl halides is 6. The second-order valence-corrected chi connectivity index (χ2v) is 8.54. The molecule has 1 saturated heterocycles. The van der Waals surface area contributed by atoms with Crippen molar-refractivity contribution < 1.29 is 35.9 Å². The topological polar surface area (TPSA) is 49.4 Å². The van der Waals surface area contributed by atoms with Crippen LogP contribution in [0.15, 0.2) is 49.1 Å². The summed E-state index contributed by atoms with van der Waals surface area (Å²) in [6, 6.07) is 6.22. The van der Waals surface area contributed by atoms with Gasteiger partial charge < -0.3 is 10.2 Å². The van der Waals surface area contributed by atoms with Crippen molar-refractivity contribution in [3.05, 3.63) is 71.3 Å². The average Bonchev–Trinajstić information content (AvgIpc) is 2.97. The lowest BCUT2D eigenvalue weighted by Crippen LogP contribution is -2.40. The molecule has 2 aromatic carbocycles. The highest BCUT2D eigenvalue weighted by atomic mass is 19.4. The standard InChI is InChI=1S/C24H22F6N2O2/c1-5-18-20(33)32(19-13(2)7-6-8-14(19)3)12-22(18,4)21(34)31-17-10-15(23(25,26)27)9-16(11-17)24(28,29)30/h5-11,18H,1,12H2,2-4H3,(H,31,34)/t18-,22+/m0/s1. The third-order valence-electron chi connectivity index (χ3n) is 6.01. The van der Waals surface area contributed by atoms with Crippen LogP contribution in [0.25, 0.3) is 0 Å². The van der Waals surface area contributed by atoms with Crippen LogP contribution in [0.4, 0.5) is 37.7 Å². The number of hydrogen-bond donors (Lipinski definition) is 1. The van der Waals surface area contributed by atoms with Crippen LogP contribution in [0.1, 0.15) is 29.2 Å². The molecular formula is C24H22F6N2O2. The Morgan fingerprint density at radius 1 is 1.06 bits per heavy atom. The first kappa shape index (κ1) is 25.3. The number of anilines is 2. The zero-order valence-corrected chi connectivity index (χ0v) is 18.6. The van der Waals surface area contributed by atoms with Crippen molar-refractivity contribution in [2.75, 3.05) is 16.8 Å². The molecule has 2 aromatic rings. The van der Waals surface area contributed by atoms with E-state index in [0.29, 0.717) is 17.8 Å². The molecule has 2 amide bonds. The van der Waals surface area contributed by atoms with Crippen LogP contribution >= 0.6 is 0 Å². The van der Waals surface area contributed by atoms with E-state index in [2.05, 4.69) is 11.9 Å². The molecule has 0 spiro atoms. The Labute approximate surface area is 192 Å². The molecule has 1 fully saturated rings. The van der Waals surface area contributed by atoms with E-state index >= 15 is 0 Å². The maximum Gasteiger partial charge on any atom is 0.416 e. The third-order valence-corrected chi connectivity index (χ3v) is 6.01. The maximum absolute atomic E-state index is 13.2. The summed E-state index contributed by atoms with van der Waals surface area (Å²) < 4.78 is 79.1. The van der Waals surface area contributed by atoms with Gasteiger partial charge in [-0.3, -0.25) is 9.59 Å². The van der Waals surface area contributed by atoms with Crippen molar-refractivity contribution in [2.24, 2.45) is 11.3 Å². The predicted molar refractivity (Wildman–Crippen MR) is 115 cm³/mol. The molecule has 0 aromatic heterocycles.